The van der Waals surface area contributed by atoms with E-state index in [2.05, 4.69) is 16.1 Å². The molecule has 3 aromatic rings. The molecule has 0 amide bonds. The van der Waals surface area contributed by atoms with Crippen LogP contribution in [-0.4, -0.2) is 34.1 Å². The maximum atomic E-state index is 12.0. The fraction of sp³-hybridized carbons (Fsp3) is 0.238. The predicted molar refractivity (Wildman–Crippen MR) is 102 cm³/mol. The Labute approximate surface area is 157 Å². The van der Waals surface area contributed by atoms with E-state index in [1.807, 2.05) is 33.3 Å². The molecule has 0 N–H and O–H groups in total. The third-order valence-electron chi connectivity index (χ3n) is 4.55. The molecule has 0 saturated heterocycles. The Bertz CT molecular complexity index is 1020. The Balaban J connectivity index is 1.98. The van der Waals surface area contributed by atoms with Gasteiger partial charge in [-0.05, 0) is 55.2 Å². The van der Waals surface area contributed by atoms with E-state index < -0.39 is 5.97 Å². The Kier molecular flexibility index (Phi) is 5.16. The molecule has 0 aliphatic rings. The number of pyridine rings is 1. The molecule has 0 aliphatic carbocycles. The summed E-state index contributed by atoms with van der Waals surface area (Å²) in [6, 6.07) is 5.52. The lowest BCUT2D eigenvalue weighted by Gasteiger charge is -2.11. The predicted octanol–water partition coefficient (Wildman–Crippen LogP) is 3.29. The summed E-state index contributed by atoms with van der Waals surface area (Å²) in [5.41, 5.74) is 6.48. The number of carbonyl (C=O) groups excluding carboxylic acids is 2. The molecule has 2 heterocycles. The van der Waals surface area contributed by atoms with Crippen LogP contribution in [0.2, 0.25) is 0 Å². The molecule has 6 nitrogen and oxygen atoms in total. The molecule has 0 aliphatic heterocycles. The van der Waals surface area contributed by atoms with Crippen LogP contribution in [0.4, 0.5) is 0 Å². The van der Waals surface area contributed by atoms with Crippen molar-refractivity contribution < 1.29 is 14.3 Å². The van der Waals surface area contributed by atoms with E-state index in [-0.39, 0.29) is 5.56 Å². The summed E-state index contributed by atoms with van der Waals surface area (Å²) in [6.45, 7) is 3.89. The van der Waals surface area contributed by atoms with Gasteiger partial charge in [0, 0.05) is 42.3 Å². The lowest BCUT2D eigenvalue weighted by molar-refractivity contribution is 0.0598. The molecule has 0 spiro atoms. The monoisotopic (exact) mass is 363 g/mol. The number of ether oxygens (including phenoxy) is 1. The Morgan fingerprint density at radius 1 is 1.22 bits per heavy atom. The summed E-state index contributed by atoms with van der Waals surface area (Å²) in [6.07, 6.45) is 6.86. The van der Waals surface area contributed by atoms with E-state index in [4.69, 9.17) is 4.74 Å². The maximum Gasteiger partial charge on any atom is 0.338 e. The zero-order valence-corrected chi connectivity index (χ0v) is 15.8. The molecule has 27 heavy (non-hydrogen) atoms. The molecule has 0 saturated carbocycles. The lowest BCUT2D eigenvalue weighted by atomic mass is 9.95. The maximum absolute atomic E-state index is 12.0. The highest BCUT2D eigenvalue weighted by atomic mass is 16.5. The average Bonchev–Trinajstić information content (AvgIpc) is 3.00. The third-order valence-corrected chi connectivity index (χ3v) is 4.55. The number of rotatable bonds is 5. The second-order valence-electron chi connectivity index (χ2n) is 6.54. The SMILES string of the molecule is COC(=O)c1cc(Cc2cncc(-c3cn(C)nc3C)c2)c(C)cc1C=O. The molecule has 0 unspecified atom stereocenters. The zero-order chi connectivity index (χ0) is 19.6. The molecule has 138 valence electrons. The minimum Gasteiger partial charge on any atom is -0.465 e. The second-order valence-corrected chi connectivity index (χ2v) is 6.54. The fourth-order valence-corrected chi connectivity index (χ4v) is 3.18. The summed E-state index contributed by atoms with van der Waals surface area (Å²) < 4.78 is 6.58. The number of hydrogen-bond donors (Lipinski definition) is 0. The number of benzene rings is 1. The number of esters is 1. The number of nitrogens with zero attached hydrogens (tertiary/aromatic N) is 3. The standard InChI is InChI=1S/C21H21N3O3/c1-13-5-18(12-25)19(21(26)27-4)8-16(13)6-15-7-17(10-22-9-15)20-11-24(3)23-14(20)2/h5,7-12H,6H2,1-4H3. The van der Waals surface area contributed by atoms with Crippen LogP contribution in [0.25, 0.3) is 11.1 Å². The van der Waals surface area contributed by atoms with Crippen molar-refractivity contribution in [3.63, 3.8) is 0 Å². The molecule has 6 heteroatoms. The smallest absolute Gasteiger partial charge is 0.338 e. The molecule has 2 aromatic heterocycles. The van der Waals surface area contributed by atoms with Gasteiger partial charge in [-0.2, -0.15) is 5.10 Å². The van der Waals surface area contributed by atoms with E-state index in [0.29, 0.717) is 18.3 Å². The first-order valence-corrected chi connectivity index (χ1v) is 8.54. The summed E-state index contributed by atoms with van der Waals surface area (Å²) in [7, 11) is 3.19. The number of methoxy groups -OCH3 is 1. The summed E-state index contributed by atoms with van der Waals surface area (Å²) >= 11 is 0. The summed E-state index contributed by atoms with van der Waals surface area (Å²) in [4.78, 5) is 27.6. The minimum absolute atomic E-state index is 0.278. The van der Waals surface area contributed by atoms with Gasteiger partial charge >= 0.3 is 5.97 Å². The van der Waals surface area contributed by atoms with Gasteiger partial charge in [0.25, 0.3) is 0 Å². The molecule has 0 bridgehead atoms. The van der Waals surface area contributed by atoms with E-state index in [9.17, 15) is 9.59 Å². The Morgan fingerprint density at radius 2 is 2.00 bits per heavy atom. The van der Waals surface area contributed by atoms with E-state index >= 15 is 0 Å². The van der Waals surface area contributed by atoms with Crippen molar-refractivity contribution in [3.8, 4) is 11.1 Å². The van der Waals surface area contributed by atoms with Crippen molar-refractivity contribution in [2.75, 3.05) is 7.11 Å². The first-order chi connectivity index (χ1) is 12.9. The third kappa shape index (κ3) is 3.79. The van der Waals surface area contributed by atoms with Gasteiger partial charge in [0.2, 0.25) is 0 Å². The van der Waals surface area contributed by atoms with Gasteiger partial charge < -0.3 is 4.74 Å². The summed E-state index contributed by atoms with van der Waals surface area (Å²) in [5, 5.41) is 4.38. The highest BCUT2D eigenvalue weighted by Crippen LogP contribution is 2.25. The van der Waals surface area contributed by atoms with Crippen LogP contribution in [0.5, 0.6) is 0 Å². The first kappa shape index (κ1) is 18.5. The van der Waals surface area contributed by atoms with Crippen LogP contribution >= 0.6 is 0 Å². The fourth-order valence-electron chi connectivity index (χ4n) is 3.18. The zero-order valence-electron chi connectivity index (χ0n) is 15.8. The normalized spacial score (nSPS) is 10.7. The molecule has 0 radical (unpaired) electrons. The van der Waals surface area contributed by atoms with Crippen LogP contribution in [0.1, 0.15) is 43.1 Å². The van der Waals surface area contributed by atoms with Gasteiger partial charge in [-0.25, -0.2) is 4.79 Å². The molecule has 3 rings (SSSR count). The van der Waals surface area contributed by atoms with E-state index in [0.717, 1.165) is 33.5 Å². The van der Waals surface area contributed by atoms with Crippen LogP contribution in [0, 0.1) is 13.8 Å². The van der Waals surface area contributed by atoms with Crippen molar-refractivity contribution in [2.45, 2.75) is 20.3 Å². The van der Waals surface area contributed by atoms with E-state index in [1.165, 1.54) is 7.11 Å². The highest BCUT2D eigenvalue weighted by Gasteiger charge is 2.15. The van der Waals surface area contributed by atoms with Gasteiger partial charge in [-0.1, -0.05) is 0 Å². The largest absolute Gasteiger partial charge is 0.465 e. The summed E-state index contributed by atoms with van der Waals surface area (Å²) in [5.74, 6) is -0.517. The Morgan fingerprint density at radius 3 is 2.63 bits per heavy atom. The van der Waals surface area contributed by atoms with Gasteiger partial charge in [-0.15, -0.1) is 0 Å². The number of aldehydes is 1. The van der Waals surface area contributed by atoms with Crippen molar-refractivity contribution in [1.82, 2.24) is 14.8 Å². The van der Waals surface area contributed by atoms with Gasteiger partial charge in [0.05, 0.1) is 18.4 Å². The van der Waals surface area contributed by atoms with Gasteiger partial charge in [0.1, 0.15) is 0 Å². The second kappa shape index (κ2) is 7.53. The molecule has 0 atom stereocenters. The lowest BCUT2D eigenvalue weighted by Crippen LogP contribution is -2.08. The van der Waals surface area contributed by atoms with Crippen molar-refractivity contribution >= 4 is 12.3 Å². The van der Waals surface area contributed by atoms with Crippen LogP contribution in [-0.2, 0) is 18.2 Å². The first-order valence-electron chi connectivity index (χ1n) is 8.54. The Hall–Kier alpha value is -3.28. The van der Waals surface area contributed by atoms with Crippen molar-refractivity contribution in [1.29, 1.82) is 0 Å². The molecular weight excluding hydrogens is 342 g/mol. The van der Waals surface area contributed by atoms with Crippen LogP contribution < -0.4 is 0 Å². The number of aromatic nitrogens is 3. The van der Waals surface area contributed by atoms with E-state index in [1.54, 1.807) is 23.0 Å². The topological polar surface area (TPSA) is 74.1 Å². The van der Waals surface area contributed by atoms with Crippen LogP contribution in [0.15, 0.2) is 36.8 Å². The highest BCUT2D eigenvalue weighted by molar-refractivity contribution is 5.98. The van der Waals surface area contributed by atoms with Crippen molar-refractivity contribution in [2.24, 2.45) is 7.05 Å². The number of hydrogen-bond acceptors (Lipinski definition) is 5. The van der Waals surface area contributed by atoms with Crippen molar-refractivity contribution in [3.05, 3.63) is 70.3 Å². The van der Waals surface area contributed by atoms with Gasteiger partial charge in [0.15, 0.2) is 6.29 Å². The minimum atomic E-state index is -0.517. The van der Waals surface area contributed by atoms with Gasteiger partial charge in [-0.3, -0.25) is 14.5 Å². The molecular formula is C21H21N3O3. The molecule has 1 aromatic carbocycles. The number of aryl methyl sites for hydroxylation is 3. The van der Waals surface area contributed by atoms with Crippen LogP contribution in [0.3, 0.4) is 0 Å². The number of carbonyl (C=O) groups is 2. The molecule has 0 fully saturated rings. The quantitative estimate of drug-likeness (QED) is 0.514. The average molecular weight is 363 g/mol.